The number of aromatic nitrogens is 2. The minimum atomic E-state index is -3.88. The number of carbonyl (C=O) groups is 1. The highest BCUT2D eigenvalue weighted by atomic mass is 32.2. The molecule has 0 radical (unpaired) electrons. The second-order valence-corrected chi connectivity index (χ2v) is 9.06. The van der Waals surface area contributed by atoms with Crippen molar-refractivity contribution in [3.05, 3.63) is 71.5 Å². The molecular weight excluding hydrogens is 422 g/mol. The maximum Gasteiger partial charge on any atom is 0.280 e. The van der Waals surface area contributed by atoms with E-state index in [1.54, 1.807) is 30.3 Å². The molecule has 0 spiro atoms. The van der Waals surface area contributed by atoms with Crippen molar-refractivity contribution in [1.82, 2.24) is 14.1 Å². The summed E-state index contributed by atoms with van der Waals surface area (Å²) >= 11 is 0. The van der Waals surface area contributed by atoms with Crippen LogP contribution in [-0.4, -0.2) is 52.3 Å². The molecule has 1 aliphatic heterocycles. The lowest BCUT2D eigenvalue weighted by atomic mass is 10.1. The summed E-state index contributed by atoms with van der Waals surface area (Å²) in [6, 6.07) is 12.4. The molecule has 1 atom stereocenters. The lowest BCUT2D eigenvalue weighted by Crippen LogP contribution is -2.35. The Kier molecular flexibility index (Phi) is 5.52. The summed E-state index contributed by atoms with van der Waals surface area (Å²) in [5, 5.41) is 24.5. The number of carbonyl (C=O) groups excluding carboxylic acids is 1. The van der Waals surface area contributed by atoms with Crippen molar-refractivity contribution in [2.75, 3.05) is 13.7 Å². The Balaban J connectivity index is 1.56. The first kappa shape index (κ1) is 21.0. The zero-order valence-electron chi connectivity index (χ0n) is 16.7. The molecule has 162 valence electrons. The number of hydrogen-bond acceptors (Lipinski definition) is 7. The summed E-state index contributed by atoms with van der Waals surface area (Å²) in [6.07, 6.45) is 0.403. The number of aliphatic hydroxyl groups is 1. The van der Waals surface area contributed by atoms with E-state index in [1.807, 2.05) is 0 Å². The van der Waals surface area contributed by atoms with Gasteiger partial charge in [0.2, 0.25) is 10.0 Å². The van der Waals surface area contributed by atoms with Gasteiger partial charge in [-0.1, -0.05) is 30.3 Å². The van der Waals surface area contributed by atoms with Crippen LogP contribution in [0.5, 0.6) is 11.5 Å². The van der Waals surface area contributed by atoms with Gasteiger partial charge in [0.25, 0.3) is 5.91 Å². The second-order valence-electron chi connectivity index (χ2n) is 7.12. The molecule has 0 aliphatic carbocycles. The van der Waals surface area contributed by atoms with E-state index in [9.17, 15) is 23.4 Å². The molecule has 2 aromatic carbocycles. The van der Waals surface area contributed by atoms with Crippen LogP contribution in [0.4, 0.5) is 0 Å². The van der Waals surface area contributed by atoms with Crippen molar-refractivity contribution in [2.24, 2.45) is 0 Å². The quantitative estimate of drug-likeness (QED) is 0.616. The Bertz CT molecular complexity index is 1220. The van der Waals surface area contributed by atoms with E-state index in [1.165, 1.54) is 29.7 Å². The van der Waals surface area contributed by atoms with Crippen LogP contribution in [-0.2, 0) is 23.0 Å². The van der Waals surface area contributed by atoms with E-state index in [4.69, 9.17) is 4.74 Å². The number of hydrogen-bond donors (Lipinski definition) is 2. The van der Waals surface area contributed by atoms with Crippen LogP contribution >= 0.6 is 0 Å². The van der Waals surface area contributed by atoms with Crippen LogP contribution in [0.1, 0.15) is 27.7 Å². The fourth-order valence-electron chi connectivity index (χ4n) is 3.49. The summed E-state index contributed by atoms with van der Waals surface area (Å²) < 4.78 is 33.3. The first-order chi connectivity index (χ1) is 14.8. The number of fused-ring (bicyclic) bond motifs is 1. The zero-order valence-corrected chi connectivity index (χ0v) is 17.5. The Hall–Kier alpha value is -3.21. The van der Waals surface area contributed by atoms with Crippen molar-refractivity contribution >= 4 is 15.9 Å². The van der Waals surface area contributed by atoms with Gasteiger partial charge in [0.05, 0.1) is 17.7 Å². The number of aliphatic hydroxyl groups excluding tert-OH is 1. The van der Waals surface area contributed by atoms with Crippen molar-refractivity contribution in [1.29, 1.82) is 0 Å². The van der Waals surface area contributed by atoms with Gasteiger partial charge in [-0.05, 0) is 17.7 Å². The molecule has 10 heteroatoms. The molecule has 31 heavy (non-hydrogen) atoms. The van der Waals surface area contributed by atoms with Crippen molar-refractivity contribution < 1.29 is 28.2 Å². The van der Waals surface area contributed by atoms with Crippen LogP contribution in [0.25, 0.3) is 0 Å². The number of methoxy groups -OCH3 is 1. The molecule has 3 aromatic rings. The number of aromatic hydroxyl groups is 1. The molecule has 2 heterocycles. The number of rotatable bonds is 5. The van der Waals surface area contributed by atoms with Crippen LogP contribution in [0.3, 0.4) is 0 Å². The van der Waals surface area contributed by atoms with Gasteiger partial charge in [-0.15, -0.1) is 0 Å². The SMILES string of the molecule is COc1ccc(S(=O)(=O)N2CCc3nn(C(=O)[C@@H](O)c4ccccc4)cc3C2)cc1O. The normalized spacial score (nSPS) is 15.3. The lowest BCUT2D eigenvalue weighted by molar-refractivity contribution is 0.0635. The van der Waals surface area contributed by atoms with E-state index >= 15 is 0 Å². The Labute approximate surface area is 179 Å². The number of sulfonamides is 1. The molecule has 0 saturated carbocycles. The molecule has 1 aromatic heterocycles. The van der Waals surface area contributed by atoms with Gasteiger partial charge >= 0.3 is 0 Å². The zero-order chi connectivity index (χ0) is 22.2. The minimum Gasteiger partial charge on any atom is -0.504 e. The molecule has 1 aliphatic rings. The van der Waals surface area contributed by atoms with Gasteiger partial charge in [0.15, 0.2) is 17.6 Å². The summed E-state index contributed by atoms with van der Waals surface area (Å²) in [5.41, 5.74) is 1.64. The molecule has 0 amide bonds. The molecule has 0 bridgehead atoms. The van der Waals surface area contributed by atoms with Crippen LogP contribution in [0.2, 0.25) is 0 Å². The fourth-order valence-corrected chi connectivity index (χ4v) is 4.93. The third-order valence-corrected chi connectivity index (χ3v) is 7.03. The highest BCUT2D eigenvalue weighted by Gasteiger charge is 2.31. The van der Waals surface area contributed by atoms with Gasteiger partial charge < -0.3 is 14.9 Å². The first-order valence-electron chi connectivity index (χ1n) is 9.53. The third-order valence-electron chi connectivity index (χ3n) is 5.19. The Morgan fingerprint density at radius 3 is 2.61 bits per heavy atom. The van der Waals surface area contributed by atoms with Crippen molar-refractivity contribution in [3.63, 3.8) is 0 Å². The standard InChI is InChI=1S/C21H21N3O6S/c1-30-19-8-7-16(11-18(19)25)31(28,29)23-10-9-17-15(12-23)13-24(22-17)21(27)20(26)14-5-3-2-4-6-14/h2-8,11,13,20,25-26H,9-10,12H2,1H3/t20-/m0/s1. The minimum absolute atomic E-state index is 0.0270. The number of nitrogens with zero attached hydrogens (tertiary/aromatic N) is 3. The Morgan fingerprint density at radius 2 is 1.94 bits per heavy atom. The summed E-state index contributed by atoms with van der Waals surface area (Å²) in [7, 11) is -2.50. The summed E-state index contributed by atoms with van der Waals surface area (Å²) in [6.45, 7) is 0.202. The monoisotopic (exact) mass is 443 g/mol. The first-order valence-corrected chi connectivity index (χ1v) is 11.0. The van der Waals surface area contributed by atoms with E-state index < -0.39 is 22.0 Å². The van der Waals surface area contributed by atoms with Gasteiger partial charge in [-0.25, -0.2) is 13.1 Å². The van der Waals surface area contributed by atoms with Crippen LogP contribution in [0.15, 0.2) is 59.6 Å². The average molecular weight is 443 g/mol. The summed E-state index contributed by atoms with van der Waals surface area (Å²) in [5.74, 6) is -0.707. The highest BCUT2D eigenvalue weighted by Crippen LogP contribution is 2.31. The van der Waals surface area contributed by atoms with Crippen molar-refractivity contribution in [3.8, 4) is 11.5 Å². The van der Waals surface area contributed by atoms with Gasteiger partial charge in [0.1, 0.15) is 0 Å². The predicted molar refractivity (Wildman–Crippen MR) is 110 cm³/mol. The van der Waals surface area contributed by atoms with E-state index in [2.05, 4.69) is 5.10 Å². The highest BCUT2D eigenvalue weighted by molar-refractivity contribution is 7.89. The molecule has 0 unspecified atom stereocenters. The summed E-state index contributed by atoms with van der Waals surface area (Å²) in [4.78, 5) is 12.6. The molecule has 4 rings (SSSR count). The Morgan fingerprint density at radius 1 is 1.19 bits per heavy atom. The topological polar surface area (TPSA) is 122 Å². The number of benzene rings is 2. The van der Waals surface area contributed by atoms with E-state index in [0.29, 0.717) is 23.2 Å². The van der Waals surface area contributed by atoms with Crippen LogP contribution < -0.4 is 4.74 Å². The van der Waals surface area contributed by atoms with E-state index in [0.717, 1.165) is 10.7 Å². The molecule has 0 fully saturated rings. The molecule has 0 saturated heterocycles. The maximum atomic E-state index is 13.0. The van der Waals surface area contributed by atoms with Gasteiger partial charge in [0, 0.05) is 37.3 Å². The third kappa shape index (κ3) is 3.92. The average Bonchev–Trinajstić information content (AvgIpc) is 3.22. The lowest BCUT2D eigenvalue weighted by Gasteiger charge is -2.25. The maximum absolute atomic E-state index is 13.0. The molecule has 9 nitrogen and oxygen atoms in total. The molecular formula is C21H21N3O6S. The fraction of sp³-hybridized carbons (Fsp3) is 0.238. The number of phenols is 1. The smallest absolute Gasteiger partial charge is 0.280 e. The van der Waals surface area contributed by atoms with Gasteiger partial charge in [-0.3, -0.25) is 4.79 Å². The van der Waals surface area contributed by atoms with E-state index in [-0.39, 0.29) is 29.5 Å². The van der Waals surface area contributed by atoms with Crippen LogP contribution in [0, 0.1) is 0 Å². The molecule has 2 N–H and O–H groups in total. The number of ether oxygens (including phenoxy) is 1. The predicted octanol–water partition coefficient (Wildman–Crippen LogP) is 1.72. The van der Waals surface area contributed by atoms with Gasteiger partial charge in [-0.2, -0.15) is 9.40 Å². The largest absolute Gasteiger partial charge is 0.504 e. The second kappa shape index (κ2) is 8.14. The van der Waals surface area contributed by atoms with Crippen molar-refractivity contribution in [2.45, 2.75) is 24.0 Å². The number of phenolic OH excluding ortho intramolecular Hbond substituents is 1.